The van der Waals surface area contributed by atoms with E-state index in [0.717, 1.165) is 29.2 Å². The second-order valence-electron chi connectivity index (χ2n) is 6.26. The van der Waals surface area contributed by atoms with Gasteiger partial charge < -0.3 is 15.3 Å². The summed E-state index contributed by atoms with van der Waals surface area (Å²) in [6.45, 7) is 8.79. The highest BCUT2D eigenvalue weighted by Crippen LogP contribution is 2.23. The van der Waals surface area contributed by atoms with Crippen molar-refractivity contribution in [1.29, 1.82) is 0 Å². The summed E-state index contributed by atoms with van der Waals surface area (Å²) in [4.78, 5) is 17.8. The number of carbonyl (C=O) groups is 1. The standard InChI is InChI=1S/C17H27N3O2S/c1-12-5-6-15(23-4)9-16(12)18-17(22)20-8-7-19(10-13(20)2)11-14(3)21/h5-6,9,13-14,21H,7-8,10-11H2,1-4H3,(H,18,22)/t13-,14+/m1/s1. The van der Waals surface area contributed by atoms with Crippen molar-refractivity contribution in [3.63, 3.8) is 0 Å². The highest BCUT2D eigenvalue weighted by molar-refractivity contribution is 7.98. The second kappa shape index (κ2) is 8.04. The van der Waals surface area contributed by atoms with Gasteiger partial charge in [0.1, 0.15) is 0 Å². The lowest BCUT2D eigenvalue weighted by Crippen LogP contribution is -2.56. The first-order valence-corrected chi connectivity index (χ1v) is 9.26. The van der Waals surface area contributed by atoms with Crippen LogP contribution >= 0.6 is 11.8 Å². The Balaban J connectivity index is 1.99. The summed E-state index contributed by atoms with van der Waals surface area (Å²) in [5.41, 5.74) is 1.94. The molecule has 1 aromatic carbocycles. The van der Waals surface area contributed by atoms with Crippen LogP contribution in [0.25, 0.3) is 0 Å². The maximum atomic E-state index is 12.6. The van der Waals surface area contributed by atoms with Gasteiger partial charge in [0, 0.05) is 42.8 Å². The van der Waals surface area contributed by atoms with Gasteiger partial charge >= 0.3 is 6.03 Å². The van der Waals surface area contributed by atoms with Gasteiger partial charge in [0.05, 0.1) is 6.10 Å². The summed E-state index contributed by atoms with van der Waals surface area (Å²) in [5, 5.41) is 12.6. The highest BCUT2D eigenvalue weighted by Gasteiger charge is 2.28. The molecule has 0 bridgehead atoms. The van der Waals surface area contributed by atoms with E-state index < -0.39 is 0 Å². The van der Waals surface area contributed by atoms with Crippen molar-refractivity contribution >= 4 is 23.5 Å². The minimum Gasteiger partial charge on any atom is -0.392 e. The minimum absolute atomic E-state index is 0.0458. The van der Waals surface area contributed by atoms with Gasteiger partial charge in [-0.25, -0.2) is 4.79 Å². The second-order valence-corrected chi connectivity index (χ2v) is 7.14. The number of rotatable bonds is 4. The van der Waals surface area contributed by atoms with Gasteiger partial charge in [0.15, 0.2) is 0 Å². The van der Waals surface area contributed by atoms with E-state index >= 15 is 0 Å². The van der Waals surface area contributed by atoms with Crippen LogP contribution in [0.15, 0.2) is 23.1 Å². The lowest BCUT2D eigenvalue weighted by Gasteiger charge is -2.40. The van der Waals surface area contributed by atoms with E-state index in [1.165, 1.54) is 0 Å². The maximum Gasteiger partial charge on any atom is 0.322 e. The summed E-state index contributed by atoms with van der Waals surface area (Å²) in [7, 11) is 0. The Bertz CT molecular complexity index is 551. The molecular weight excluding hydrogens is 310 g/mol. The van der Waals surface area contributed by atoms with E-state index in [9.17, 15) is 9.90 Å². The number of aryl methyl sites for hydroxylation is 1. The fraction of sp³-hybridized carbons (Fsp3) is 0.588. The molecule has 1 fully saturated rings. The Morgan fingerprint density at radius 3 is 2.83 bits per heavy atom. The molecule has 2 N–H and O–H groups in total. The van der Waals surface area contributed by atoms with Crippen LogP contribution in [0.4, 0.5) is 10.5 Å². The van der Waals surface area contributed by atoms with Crippen molar-refractivity contribution in [2.75, 3.05) is 37.8 Å². The van der Waals surface area contributed by atoms with Crippen LogP contribution in [0.5, 0.6) is 0 Å². The lowest BCUT2D eigenvalue weighted by molar-refractivity contribution is 0.0692. The predicted octanol–water partition coefficient (Wildman–Crippen LogP) is 2.64. The molecule has 5 nitrogen and oxygen atoms in total. The van der Waals surface area contributed by atoms with Crippen LogP contribution in [0.1, 0.15) is 19.4 Å². The van der Waals surface area contributed by atoms with Gasteiger partial charge in [-0.2, -0.15) is 0 Å². The van der Waals surface area contributed by atoms with Gasteiger partial charge in [-0.15, -0.1) is 11.8 Å². The zero-order valence-corrected chi connectivity index (χ0v) is 15.2. The quantitative estimate of drug-likeness (QED) is 0.830. The number of aliphatic hydroxyl groups is 1. The molecule has 2 atom stereocenters. The minimum atomic E-state index is -0.334. The van der Waals surface area contributed by atoms with E-state index in [1.54, 1.807) is 18.7 Å². The number of nitrogens with zero attached hydrogens (tertiary/aromatic N) is 2. The number of β-amino-alcohol motifs (C(OH)–C–C–N with tert-alkyl or cyclic N) is 1. The van der Waals surface area contributed by atoms with Gasteiger partial charge in [0.25, 0.3) is 0 Å². The van der Waals surface area contributed by atoms with Crippen molar-refractivity contribution in [3.8, 4) is 0 Å². The first kappa shape index (κ1) is 18.1. The number of benzene rings is 1. The number of aliphatic hydroxyl groups excluding tert-OH is 1. The normalized spacial score (nSPS) is 20.4. The number of hydrogen-bond acceptors (Lipinski definition) is 4. The topological polar surface area (TPSA) is 55.8 Å². The Labute approximate surface area is 143 Å². The van der Waals surface area contributed by atoms with Crippen LogP contribution in [-0.2, 0) is 0 Å². The molecule has 0 saturated carbocycles. The Morgan fingerprint density at radius 1 is 1.48 bits per heavy atom. The molecule has 2 amide bonds. The zero-order valence-electron chi connectivity index (χ0n) is 14.4. The average Bonchev–Trinajstić information content (AvgIpc) is 2.48. The van der Waals surface area contributed by atoms with Crippen molar-refractivity contribution in [2.45, 2.75) is 37.8 Å². The van der Waals surface area contributed by atoms with Crippen LogP contribution in [0, 0.1) is 6.92 Å². The SMILES string of the molecule is CSc1ccc(C)c(NC(=O)N2CCN(C[C@H](C)O)C[C@H]2C)c1. The molecule has 2 rings (SSSR count). The van der Waals surface area contributed by atoms with Crippen LogP contribution < -0.4 is 5.32 Å². The molecular formula is C17H27N3O2S. The van der Waals surface area contributed by atoms with Gasteiger partial charge in [-0.3, -0.25) is 4.90 Å². The molecule has 1 saturated heterocycles. The van der Waals surface area contributed by atoms with Crippen LogP contribution in [0.3, 0.4) is 0 Å². The fourth-order valence-electron chi connectivity index (χ4n) is 2.92. The molecule has 1 aromatic rings. The smallest absolute Gasteiger partial charge is 0.322 e. The highest BCUT2D eigenvalue weighted by atomic mass is 32.2. The monoisotopic (exact) mass is 337 g/mol. The molecule has 23 heavy (non-hydrogen) atoms. The third kappa shape index (κ3) is 4.86. The first-order chi connectivity index (χ1) is 10.9. The van der Waals surface area contributed by atoms with Crippen molar-refractivity contribution < 1.29 is 9.90 Å². The van der Waals surface area contributed by atoms with Gasteiger partial charge in [-0.05, 0) is 44.7 Å². The molecule has 1 aliphatic rings. The Kier molecular flexibility index (Phi) is 6.33. The van der Waals surface area contributed by atoms with Crippen molar-refractivity contribution in [2.24, 2.45) is 0 Å². The van der Waals surface area contributed by atoms with Crippen LogP contribution in [0.2, 0.25) is 0 Å². The third-order valence-corrected chi connectivity index (χ3v) is 4.91. The molecule has 0 unspecified atom stereocenters. The molecule has 0 aromatic heterocycles. The number of urea groups is 1. The Morgan fingerprint density at radius 2 is 2.22 bits per heavy atom. The summed E-state index contributed by atoms with van der Waals surface area (Å²) < 4.78 is 0. The van der Waals surface area contributed by atoms with E-state index in [0.29, 0.717) is 13.1 Å². The molecule has 1 aliphatic heterocycles. The number of amides is 2. The third-order valence-electron chi connectivity index (χ3n) is 4.18. The van der Waals surface area contributed by atoms with Gasteiger partial charge in [0.2, 0.25) is 0 Å². The maximum absolute atomic E-state index is 12.6. The summed E-state index contributed by atoms with van der Waals surface area (Å²) in [6, 6.07) is 6.20. The van der Waals surface area contributed by atoms with Gasteiger partial charge in [-0.1, -0.05) is 6.07 Å². The number of carbonyl (C=O) groups excluding carboxylic acids is 1. The average molecular weight is 337 g/mol. The lowest BCUT2D eigenvalue weighted by atomic mass is 10.1. The first-order valence-electron chi connectivity index (χ1n) is 8.03. The van der Waals surface area contributed by atoms with E-state index in [4.69, 9.17) is 0 Å². The molecule has 128 valence electrons. The molecule has 0 radical (unpaired) electrons. The Hall–Kier alpha value is -1.24. The largest absolute Gasteiger partial charge is 0.392 e. The fourth-order valence-corrected chi connectivity index (χ4v) is 3.36. The number of piperazine rings is 1. The molecule has 6 heteroatoms. The summed E-state index contributed by atoms with van der Waals surface area (Å²) in [5.74, 6) is 0. The molecule has 0 aliphatic carbocycles. The van der Waals surface area contributed by atoms with E-state index in [2.05, 4.69) is 23.2 Å². The van der Waals surface area contributed by atoms with Crippen LogP contribution in [-0.4, -0.2) is 65.5 Å². The van der Waals surface area contributed by atoms with E-state index in [-0.39, 0.29) is 18.2 Å². The molecule has 1 heterocycles. The van der Waals surface area contributed by atoms with Crippen molar-refractivity contribution in [1.82, 2.24) is 9.80 Å². The summed E-state index contributed by atoms with van der Waals surface area (Å²) >= 11 is 1.67. The van der Waals surface area contributed by atoms with E-state index in [1.807, 2.05) is 30.2 Å². The number of anilines is 1. The van der Waals surface area contributed by atoms with Crippen molar-refractivity contribution in [3.05, 3.63) is 23.8 Å². The predicted molar refractivity (Wildman–Crippen MR) is 96.3 cm³/mol. The number of hydrogen-bond donors (Lipinski definition) is 2. The summed E-state index contributed by atoms with van der Waals surface area (Å²) in [6.07, 6.45) is 1.69. The number of thioether (sulfide) groups is 1. The number of nitrogens with one attached hydrogen (secondary N) is 1. The molecule has 0 spiro atoms. The zero-order chi connectivity index (χ0) is 17.0.